The SMILES string of the molecule is CC(C#Cc1ccc(B2OC(C)(C)C(C)(C)O2)cc1)OC(=O)CCl. The minimum absolute atomic E-state index is 0.172. The molecule has 1 aliphatic rings. The summed E-state index contributed by atoms with van der Waals surface area (Å²) < 4.78 is 17.0. The van der Waals surface area contributed by atoms with E-state index in [4.69, 9.17) is 25.6 Å². The maximum absolute atomic E-state index is 11.1. The molecule has 1 aromatic carbocycles. The van der Waals surface area contributed by atoms with Gasteiger partial charge in [-0.2, -0.15) is 0 Å². The van der Waals surface area contributed by atoms with Crippen molar-refractivity contribution >= 4 is 30.2 Å². The van der Waals surface area contributed by atoms with Crippen molar-refractivity contribution in [3.05, 3.63) is 29.8 Å². The summed E-state index contributed by atoms with van der Waals surface area (Å²) >= 11 is 5.39. The van der Waals surface area contributed by atoms with Gasteiger partial charge in [0.05, 0.1) is 11.2 Å². The Morgan fingerprint density at radius 2 is 1.75 bits per heavy atom. The van der Waals surface area contributed by atoms with Gasteiger partial charge in [-0.1, -0.05) is 24.0 Å². The first-order valence-electron chi connectivity index (χ1n) is 7.87. The third-order valence-corrected chi connectivity index (χ3v) is 4.49. The topological polar surface area (TPSA) is 44.8 Å². The number of carbonyl (C=O) groups is 1. The van der Waals surface area contributed by atoms with E-state index in [9.17, 15) is 4.79 Å². The molecule has 0 spiro atoms. The molecule has 128 valence electrons. The van der Waals surface area contributed by atoms with Gasteiger partial charge < -0.3 is 14.0 Å². The largest absolute Gasteiger partial charge is 0.494 e. The summed E-state index contributed by atoms with van der Waals surface area (Å²) in [6, 6.07) is 7.65. The van der Waals surface area contributed by atoms with Crippen molar-refractivity contribution < 1.29 is 18.8 Å². The van der Waals surface area contributed by atoms with Gasteiger partial charge in [-0.15, -0.1) is 11.6 Å². The van der Waals surface area contributed by atoms with Crippen LogP contribution in [0.2, 0.25) is 0 Å². The van der Waals surface area contributed by atoms with Gasteiger partial charge in [-0.3, -0.25) is 4.79 Å². The molecule has 0 bridgehead atoms. The fraction of sp³-hybridized carbons (Fsp3) is 0.500. The van der Waals surface area contributed by atoms with E-state index < -0.39 is 12.1 Å². The molecule has 6 heteroatoms. The molecule has 1 aromatic rings. The summed E-state index contributed by atoms with van der Waals surface area (Å²) in [5, 5.41) is 0. The number of halogens is 1. The van der Waals surface area contributed by atoms with Gasteiger partial charge in [-0.25, -0.2) is 0 Å². The monoisotopic (exact) mass is 348 g/mol. The molecule has 0 aromatic heterocycles. The fourth-order valence-corrected chi connectivity index (χ4v) is 2.21. The Hall–Kier alpha value is -1.48. The van der Waals surface area contributed by atoms with Crippen LogP contribution < -0.4 is 5.46 Å². The van der Waals surface area contributed by atoms with Crippen LogP contribution in [0.5, 0.6) is 0 Å². The van der Waals surface area contributed by atoms with Gasteiger partial charge in [0.15, 0.2) is 6.10 Å². The molecule has 0 amide bonds. The maximum Gasteiger partial charge on any atom is 0.494 e. The molecule has 2 rings (SSSR count). The van der Waals surface area contributed by atoms with E-state index >= 15 is 0 Å². The zero-order valence-electron chi connectivity index (χ0n) is 14.7. The Bertz CT molecular complexity index is 642. The molecule has 1 heterocycles. The van der Waals surface area contributed by atoms with Gasteiger partial charge >= 0.3 is 13.1 Å². The van der Waals surface area contributed by atoms with E-state index in [2.05, 4.69) is 11.8 Å². The lowest BCUT2D eigenvalue weighted by molar-refractivity contribution is -0.142. The van der Waals surface area contributed by atoms with Crippen molar-refractivity contribution in [3.8, 4) is 11.8 Å². The fourth-order valence-electron chi connectivity index (χ4n) is 2.15. The number of carbonyl (C=O) groups excluding carboxylic acids is 1. The molecule has 0 aliphatic carbocycles. The van der Waals surface area contributed by atoms with Crippen LogP contribution in [0.1, 0.15) is 40.2 Å². The Morgan fingerprint density at radius 1 is 1.21 bits per heavy atom. The lowest BCUT2D eigenvalue weighted by Gasteiger charge is -2.32. The van der Waals surface area contributed by atoms with Crippen LogP contribution in [0, 0.1) is 11.8 Å². The number of hydrogen-bond acceptors (Lipinski definition) is 4. The second-order valence-electron chi connectivity index (χ2n) is 6.75. The Labute approximate surface area is 149 Å². The van der Waals surface area contributed by atoms with Crippen molar-refractivity contribution in [2.24, 2.45) is 0 Å². The first-order chi connectivity index (χ1) is 11.1. The number of esters is 1. The van der Waals surface area contributed by atoms with E-state index in [0.29, 0.717) is 0 Å². The van der Waals surface area contributed by atoms with Crippen LogP contribution in [0.4, 0.5) is 0 Å². The molecule has 0 radical (unpaired) electrons. The summed E-state index contributed by atoms with van der Waals surface area (Å²) in [6.45, 7) is 9.80. The molecule has 0 N–H and O–H groups in total. The molecule has 0 saturated carbocycles. The molecule has 1 aliphatic heterocycles. The summed E-state index contributed by atoms with van der Waals surface area (Å²) in [4.78, 5) is 11.1. The average Bonchev–Trinajstić information content (AvgIpc) is 2.74. The predicted molar refractivity (Wildman–Crippen MR) is 95.3 cm³/mol. The lowest BCUT2D eigenvalue weighted by atomic mass is 9.79. The molecule has 1 unspecified atom stereocenters. The van der Waals surface area contributed by atoms with E-state index in [1.807, 2.05) is 52.0 Å². The second kappa shape index (κ2) is 7.19. The van der Waals surface area contributed by atoms with Crippen LogP contribution in [-0.2, 0) is 18.8 Å². The van der Waals surface area contributed by atoms with Gasteiger partial charge in [0.1, 0.15) is 5.88 Å². The van der Waals surface area contributed by atoms with Gasteiger partial charge in [-0.05, 0) is 52.2 Å². The van der Waals surface area contributed by atoms with Gasteiger partial charge in [0, 0.05) is 5.56 Å². The highest BCUT2D eigenvalue weighted by molar-refractivity contribution is 6.62. The van der Waals surface area contributed by atoms with E-state index in [1.165, 1.54) is 0 Å². The van der Waals surface area contributed by atoms with Crippen molar-refractivity contribution in [3.63, 3.8) is 0 Å². The third kappa shape index (κ3) is 4.33. The quantitative estimate of drug-likeness (QED) is 0.364. The van der Waals surface area contributed by atoms with Crippen molar-refractivity contribution in [1.82, 2.24) is 0 Å². The number of hydrogen-bond donors (Lipinski definition) is 0. The first kappa shape index (κ1) is 18.9. The van der Waals surface area contributed by atoms with E-state index in [0.717, 1.165) is 11.0 Å². The number of ether oxygens (including phenoxy) is 1. The van der Waals surface area contributed by atoms with Crippen LogP contribution in [0.15, 0.2) is 24.3 Å². The highest BCUT2D eigenvalue weighted by Crippen LogP contribution is 2.36. The van der Waals surface area contributed by atoms with Crippen molar-refractivity contribution in [2.45, 2.75) is 51.9 Å². The molecule has 1 fully saturated rings. The van der Waals surface area contributed by atoms with Crippen molar-refractivity contribution in [1.29, 1.82) is 0 Å². The molecule has 24 heavy (non-hydrogen) atoms. The molecular formula is C18H22BClO4. The second-order valence-corrected chi connectivity index (χ2v) is 7.01. The summed E-state index contributed by atoms with van der Waals surface area (Å²) in [5.74, 6) is 5.19. The maximum atomic E-state index is 11.1. The van der Waals surface area contributed by atoms with E-state index in [-0.39, 0.29) is 24.2 Å². The zero-order valence-corrected chi connectivity index (χ0v) is 15.4. The van der Waals surface area contributed by atoms with Crippen LogP contribution in [0.3, 0.4) is 0 Å². The molecule has 1 atom stereocenters. The van der Waals surface area contributed by atoms with Crippen LogP contribution in [0.25, 0.3) is 0 Å². The lowest BCUT2D eigenvalue weighted by Crippen LogP contribution is -2.41. The van der Waals surface area contributed by atoms with Gasteiger partial charge in [0.25, 0.3) is 0 Å². The molecule has 4 nitrogen and oxygen atoms in total. The zero-order chi connectivity index (χ0) is 18.0. The normalized spacial score (nSPS) is 19.3. The van der Waals surface area contributed by atoms with Crippen LogP contribution >= 0.6 is 11.6 Å². The highest BCUT2D eigenvalue weighted by atomic mass is 35.5. The Balaban J connectivity index is 2.04. The summed E-state index contributed by atoms with van der Waals surface area (Å²) in [5.41, 5.74) is 1.04. The minimum atomic E-state index is -0.501. The molecular weight excluding hydrogens is 326 g/mol. The average molecular weight is 349 g/mol. The standard InChI is InChI=1S/C18H22BClO4/c1-13(22-16(21)12-20)6-7-14-8-10-15(11-9-14)19-23-17(2,3)18(4,5)24-19/h8-11,13H,12H2,1-5H3. The first-order valence-corrected chi connectivity index (χ1v) is 8.41. The molecule has 1 saturated heterocycles. The third-order valence-electron chi connectivity index (χ3n) is 4.27. The Kier molecular flexibility index (Phi) is 5.65. The van der Waals surface area contributed by atoms with E-state index in [1.54, 1.807) is 6.92 Å². The summed E-state index contributed by atoms with van der Waals surface area (Å²) in [7, 11) is -0.388. The Morgan fingerprint density at radius 3 is 2.25 bits per heavy atom. The smallest absolute Gasteiger partial charge is 0.449 e. The minimum Gasteiger partial charge on any atom is -0.449 e. The van der Waals surface area contributed by atoms with Crippen molar-refractivity contribution in [2.75, 3.05) is 5.88 Å². The number of alkyl halides is 1. The summed E-state index contributed by atoms with van der Waals surface area (Å²) in [6.07, 6.45) is -0.501. The van der Waals surface area contributed by atoms with Gasteiger partial charge in [0.2, 0.25) is 0 Å². The predicted octanol–water partition coefficient (Wildman–Crippen LogP) is 2.51. The number of benzene rings is 1. The van der Waals surface area contributed by atoms with Crippen LogP contribution in [-0.4, -0.2) is 36.3 Å². The number of rotatable bonds is 3. The highest BCUT2D eigenvalue weighted by Gasteiger charge is 2.51.